The van der Waals surface area contributed by atoms with Crippen molar-refractivity contribution in [3.8, 4) is 0 Å². The zero-order valence-electron chi connectivity index (χ0n) is 11.2. The summed E-state index contributed by atoms with van der Waals surface area (Å²) in [6.07, 6.45) is 0.863. The average molecular weight is 250 g/mol. The minimum Gasteiger partial charge on any atom is -0.462 e. The van der Waals surface area contributed by atoms with Crippen LogP contribution in [0.3, 0.4) is 0 Å². The molecular weight excluding hydrogens is 228 g/mol. The van der Waals surface area contributed by atoms with Crippen LogP contribution in [0, 0.1) is 0 Å². The van der Waals surface area contributed by atoms with E-state index in [1.165, 1.54) is 0 Å². The molecule has 0 aromatic heterocycles. The van der Waals surface area contributed by atoms with Crippen LogP contribution in [0.4, 0.5) is 5.69 Å². The van der Waals surface area contributed by atoms with Gasteiger partial charge in [-0.2, -0.15) is 0 Å². The lowest BCUT2D eigenvalue weighted by atomic mass is 10.2. The Kier molecular flexibility index (Phi) is 6.22. The summed E-state index contributed by atoms with van der Waals surface area (Å²) in [5, 5.41) is 0. The fourth-order valence-corrected chi connectivity index (χ4v) is 1.70. The molecule has 100 valence electrons. The quantitative estimate of drug-likeness (QED) is 0.458. The van der Waals surface area contributed by atoms with Gasteiger partial charge in [-0.3, -0.25) is 0 Å². The van der Waals surface area contributed by atoms with Crippen molar-refractivity contribution in [3.63, 3.8) is 0 Å². The highest BCUT2D eigenvalue weighted by molar-refractivity contribution is 5.89. The fourth-order valence-electron chi connectivity index (χ4n) is 1.70. The van der Waals surface area contributed by atoms with Gasteiger partial charge in [0.2, 0.25) is 0 Å². The average Bonchev–Trinajstić information content (AvgIpc) is 2.39. The first-order chi connectivity index (χ1) is 8.67. The van der Waals surface area contributed by atoms with Gasteiger partial charge < -0.3 is 15.4 Å². The zero-order valence-corrected chi connectivity index (χ0v) is 11.2. The predicted octanol–water partition coefficient (Wildman–Crippen LogP) is 2.16. The molecule has 0 unspecified atom stereocenters. The van der Waals surface area contributed by atoms with Gasteiger partial charge in [0, 0.05) is 12.2 Å². The maximum Gasteiger partial charge on any atom is 0.338 e. The van der Waals surface area contributed by atoms with Crippen molar-refractivity contribution in [2.24, 2.45) is 0 Å². The van der Waals surface area contributed by atoms with Gasteiger partial charge in [-0.05, 0) is 43.8 Å². The summed E-state index contributed by atoms with van der Waals surface area (Å²) in [7, 11) is 0. The molecule has 18 heavy (non-hydrogen) atoms. The summed E-state index contributed by atoms with van der Waals surface area (Å²) in [6, 6.07) is 6.77. The van der Waals surface area contributed by atoms with Crippen LogP contribution < -0.4 is 5.73 Å². The summed E-state index contributed by atoms with van der Waals surface area (Å²) in [5.41, 5.74) is 6.75. The first kappa shape index (κ1) is 14.5. The highest BCUT2D eigenvalue weighted by Gasteiger charge is 2.06. The van der Waals surface area contributed by atoms with E-state index in [4.69, 9.17) is 10.5 Å². The maximum absolute atomic E-state index is 11.7. The standard InChI is InChI=1S/C14H22N2O2/c1-3-16(4-2)10-5-11-18-14(17)12-6-8-13(15)9-7-12/h6-9H,3-5,10-11,15H2,1-2H3. The van der Waals surface area contributed by atoms with Crippen LogP contribution in [0.2, 0.25) is 0 Å². The molecule has 0 fully saturated rings. The van der Waals surface area contributed by atoms with Crippen molar-refractivity contribution in [3.05, 3.63) is 29.8 Å². The van der Waals surface area contributed by atoms with E-state index in [0.29, 0.717) is 17.9 Å². The maximum atomic E-state index is 11.7. The second-order valence-corrected chi connectivity index (χ2v) is 4.14. The van der Waals surface area contributed by atoms with Gasteiger partial charge in [0.25, 0.3) is 0 Å². The van der Waals surface area contributed by atoms with Crippen molar-refractivity contribution in [2.45, 2.75) is 20.3 Å². The van der Waals surface area contributed by atoms with Crippen molar-refractivity contribution in [1.82, 2.24) is 4.90 Å². The Morgan fingerprint density at radius 2 is 1.83 bits per heavy atom. The lowest BCUT2D eigenvalue weighted by Crippen LogP contribution is -2.25. The Hall–Kier alpha value is -1.55. The number of rotatable bonds is 7. The van der Waals surface area contributed by atoms with Gasteiger partial charge in [-0.1, -0.05) is 13.8 Å². The molecule has 0 saturated carbocycles. The molecule has 0 atom stereocenters. The Morgan fingerprint density at radius 3 is 2.39 bits per heavy atom. The Balaban J connectivity index is 2.27. The summed E-state index contributed by atoms with van der Waals surface area (Å²) in [5.74, 6) is -0.283. The third kappa shape index (κ3) is 4.75. The number of carbonyl (C=O) groups excluding carboxylic acids is 1. The number of esters is 1. The number of nitrogens with two attached hydrogens (primary N) is 1. The van der Waals surface area contributed by atoms with Crippen LogP contribution in [-0.4, -0.2) is 37.1 Å². The first-order valence-electron chi connectivity index (χ1n) is 6.42. The van der Waals surface area contributed by atoms with E-state index in [-0.39, 0.29) is 5.97 Å². The number of ether oxygens (including phenoxy) is 1. The molecule has 4 nitrogen and oxygen atoms in total. The minimum absolute atomic E-state index is 0.283. The molecule has 0 aliphatic heterocycles. The van der Waals surface area contributed by atoms with Crippen molar-refractivity contribution in [2.75, 3.05) is 32.0 Å². The van der Waals surface area contributed by atoms with E-state index in [2.05, 4.69) is 18.7 Å². The molecule has 2 N–H and O–H groups in total. The largest absolute Gasteiger partial charge is 0.462 e. The molecule has 1 rings (SSSR count). The van der Waals surface area contributed by atoms with Crippen LogP contribution in [0.25, 0.3) is 0 Å². The summed E-state index contributed by atoms with van der Waals surface area (Å²) < 4.78 is 5.20. The van der Waals surface area contributed by atoms with E-state index in [9.17, 15) is 4.79 Å². The lowest BCUT2D eigenvalue weighted by molar-refractivity contribution is 0.0489. The van der Waals surface area contributed by atoms with Crippen LogP contribution in [0.15, 0.2) is 24.3 Å². The van der Waals surface area contributed by atoms with Gasteiger partial charge in [-0.25, -0.2) is 4.79 Å². The summed E-state index contributed by atoms with van der Waals surface area (Å²) >= 11 is 0. The van der Waals surface area contributed by atoms with Crippen molar-refractivity contribution in [1.29, 1.82) is 0 Å². The molecule has 0 saturated heterocycles. The van der Waals surface area contributed by atoms with Gasteiger partial charge >= 0.3 is 5.97 Å². The van der Waals surface area contributed by atoms with Gasteiger partial charge in [0.1, 0.15) is 0 Å². The van der Waals surface area contributed by atoms with E-state index in [1.807, 2.05) is 0 Å². The number of benzene rings is 1. The number of anilines is 1. The van der Waals surface area contributed by atoms with Crippen molar-refractivity contribution >= 4 is 11.7 Å². The second-order valence-electron chi connectivity index (χ2n) is 4.14. The van der Waals surface area contributed by atoms with E-state index < -0.39 is 0 Å². The second kappa shape index (κ2) is 7.71. The molecule has 1 aromatic rings. The summed E-state index contributed by atoms with van der Waals surface area (Å²) in [4.78, 5) is 14.0. The third-order valence-electron chi connectivity index (χ3n) is 2.89. The molecule has 0 spiro atoms. The molecular formula is C14H22N2O2. The normalized spacial score (nSPS) is 10.6. The summed E-state index contributed by atoms with van der Waals surface area (Å²) in [6.45, 7) is 7.74. The number of nitrogen functional groups attached to an aromatic ring is 1. The molecule has 0 amide bonds. The Labute approximate surface area is 109 Å². The molecule has 4 heteroatoms. The SMILES string of the molecule is CCN(CC)CCCOC(=O)c1ccc(N)cc1. The highest BCUT2D eigenvalue weighted by Crippen LogP contribution is 2.07. The van der Waals surface area contributed by atoms with Gasteiger partial charge in [0.05, 0.1) is 12.2 Å². The molecule has 1 aromatic carbocycles. The highest BCUT2D eigenvalue weighted by atomic mass is 16.5. The van der Waals surface area contributed by atoms with E-state index in [0.717, 1.165) is 26.1 Å². The zero-order chi connectivity index (χ0) is 13.4. The fraction of sp³-hybridized carbons (Fsp3) is 0.500. The lowest BCUT2D eigenvalue weighted by Gasteiger charge is -2.17. The van der Waals surface area contributed by atoms with Crippen LogP contribution >= 0.6 is 0 Å². The monoisotopic (exact) mass is 250 g/mol. The molecule has 0 heterocycles. The van der Waals surface area contributed by atoms with E-state index >= 15 is 0 Å². The van der Waals surface area contributed by atoms with Crippen molar-refractivity contribution < 1.29 is 9.53 Å². The topological polar surface area (TPSA) is 55.6 Å². The number of hydrogen-bond acceptors (Lipinski definition) is 4. The Bertz CT molecular complexity index is 359. The van der Waals surface area contributed by atoms with E-state index in [1.54, 1.807) is 24.3 Å². The molecule has 0 aliphatic rings. The van der Waals surface area contributed by atoms with Crippen LogP contribution in [-0.2, 0) is 4.74 Å². The van der Waals surface area contributed by atoms with Gasteiger partial charge in [-0.15, -0.1) is 0 Å². The predicted molar refractivity (Wildman–Crippen MR) is 73.5 cm³/mol. The third-order valence-corrected chi connectivity index (χ3v) is 2.89. The number of carbonyl (C=O) groups is 1. The molecule has 0 bridgehead atoms. The number of nitrogens with zero attached hydrogens (tertiary/aromatic N) is 1. The van der Waals surface area contributed by atoms with Crippen LogP contribution in [0.5, 0.6) is 0 Å². The Morgan fingerprint density at radius 1 is 1.22 bits per heavy atom. The van der Waals surface area contributed by atoms with Gasteiger partial charge in [0.15, 0.2) is 0 Å². The molecule has 0 aliphatic carbocycles. The smallest absolute Gasteiger partial charge is 0.338 e. The molecule has 0 radical (unpaired) electrons. The van der Waals surface area contributed by atoms with Crippen LogP contribution in [0.1, 0.15) is 30.6 Å². The number of hydrogen-bond donors (Lipinski definition) is 1. The first-order valence-corrected chi connectivity index (χ1v) is 6.42. The minimum atomic E-state index is -0.283.